The molecule has 8 heteroatoms. The molecule has 7 nitrogen and oxygen atoms in total. The summed E-state index contributed by atoms with van der Waals surface area (Å²) in [5, 5.41) is 0.649. The van der Waals surface area contributed by atoms with Gasteiger partial charge in [0, 0.05) is 10.9 Å². The number of methoxy groups -OCH3 is 1. The molecule has 2 amide bonds. The molecule has 0 aromatic heterocycles. The average Bonchev–Trinajstić information content (AvgIpc) is 3.40. The van der Waals surface area contributed by atoms with Crippen molar-refractivity contribution in [1.82, 2.24) is 0 Å². The number of halogens is 1. The van der Waals surface area contributed by atoms with E-state index in [-0.39, 0.29) is 24.0 Å². The van der Waals surface area contributed by atoms with Gasteiger partial charge in [-0.1, -0.05) is 41.9 Å². The molecule has 0 bridgehead atoms. The Labute approximate surface area is 206 Å². The summed E-state index contributed by atoms with van der Waals surface area (Å²) in [5.74, 6) is -0.591. The lowest BCUT2D eigenvalue weighted by molar-refractivity contribution is -0.119. The van der Waals surface area contributed by atoms with Gasteiger partial charge in [-0.2, -0.15) is 0 Å². The zero-order valence-electron chi connectivity index (χ0n) is 18.9. The number of ether oxygens (including phenoxy) is 2. The summed E-state index contributed by atoms with van der Waals surface area (Å²) >= 11 is 6.08. The van der Waals surface area contributed by atoms with E-state index in [1.54, 1.807) is 23.1 Å². The number of carbonyl (C=O) groups is 3. The van der Waals surface area contributed by atoms with Gasteiger partial charge in [0.2, 0.25) is 5.91 Å². The van der Waals surface area contributed by atoms with Gasteiger partial charge in [-0.05, 0) is 53.9 Å². The van der Waals surface area contributed by atoms with Crippen LogP contribution in [0.25, 0.3) is 0 Å². The van der Waals surface area contributed by atoms with Gasteiger partial charge in [-0.3, -0.25) is 14.6 Å². The second-order valence-corrected chi connectivity index (χ2v) is 9.37. The monoisotopic (exact) mass is 488 g/mol. The largest absolute Gasteiger partial charge is 0.465 e. The molecule has 2 atom stereocenters. The van der Waals surface area contributed by atoms with E-state index in [1.165, 1.54) is 12.0 Å². The van der Waals surface area contributed by atoms with Crippen LogP contribution in [0, 0.1) is 0 Å². The summed E-state index contributed by atoms with van der Waals surface area (Å²) in [6.45, 7) is 0.615. The van der Waals surface area contributed by atoms with Crippen molar-refractivity contribution in [2.75, 3.05) is 30.1 Å². The zero-order chi connectivity index (χ0) is 24.3. The Balaban J connectivity index is 1.47. The number of carbonyl (C=O) groups excluding carboxylic acids is 3. The van der Waals surface area contributed by atoms with E-state index in [1.807, 2.05) is 48.5 Å². The fraction of sp³-hybridized carbons (Fsp3) is 0.222. The number of nitrogens with zero attached hydrogens (tertiary/aromatic N) is 2. The van der Waals surface area contributed by atoms with E-state index in [0.717, 1.165) is 16.8 Å². The van der Waals surface area contributed by atoms with Crippen LogP contribution in [0.15, 0.2) is 66.7 Å². The molecule has 3 aromatic rings. The first-order valence-electron chi connectivity index (χ1n) is 11.3. The molecule has 1 saturated carbocycles. The summed E-state index contributed by atoms with van der Waals surface area (Å²) in [7, 11) is 1.30. The van der Waals surface area contributed by atoms with Crippen molar-refractivity contribution >= 4 is 46.6 Å². The maximum Gasteiger partial charge on any atom is 0.414 e. The van der Waals surface area contributed by atoms with Crippen LogP contribution < -0.4 is 9.80 Å². The first-order chi connectivity index (χ1) is 16.9. The maximum absolute atomic E-state index is 14.1. The highest BCUT2D eigenvalue weighted by molar-refractivity contribution is 6.30. The number of benzene rings is 3. The minimum absolute atomic E-state index is 0.0234. The minimum atomic E-state index is -0.682. The lowest BCUT2D eigenvalue weighted by Crippen LogP contribution is -2.30. The molecule has 3 aliphatic rings. The number of rotatable bonds is 4. The molecule has 2 heterocycles. The molecule has 1 aliphatic carbocycles. The molecular weight excluding hydrogens is 468 g/mol. The van der Waals surface area contributed by atoms with Gasteiger partial charge < -0.3 is 9.47 Å². The highest BCUT2D eigenvalue weighted by Crippen LogP contribution is 2.67. The summed E-state index contributed by atoms with van der Waals surface area (Å²) < 4.78 is 10.0. The summed E-state index contributed by atoms with van der Waals surface area (Å²) in [4.78, 5) is 42.0. The third-order valence-corrected chi connectivity index (χ3v) is 7.35. The molecule has 0 N–H and O–H groups in total. The topological polar surface area (TPSA) is 76.2 Å². The zero-order valence-corrected chi connectivity index (χ0v) is 19.6. The van der Waals surface area contributed by atoms with Crippen molar-refractivity contribution in [3.63, 3.8) is 0 Å². The minimum Gasteiger partial charge on any atom is -0.465 e. The van der Waals surface area contributed by atoms with Gasteiger partial charge in [0.25, 0.3) is 0 Å². The molecular formula is C27H21ClN2O5. The number of hydrogen-bond donors (Lipinski definition) is 0. The third kappa shape index (κ3) is 3.22. The molecule has 1 spiro atoms. The quantitative estimate of drug-likeness (QED) is 0.472. The fourth-order valence-corrected chi connectivity index (χ4v) is 5.49. The van der Waals surface area contributed by atoms with Crippen LogP contribution in [0.1, 0.15) is 33.8 Å². The van der Waals surface area contributed by atoms with Crippen LogP contribution in [0.3, 0.4) is 0 Å². The van der Waals surface area contributed by atoms with E-state index < -0.39 is 17.5 Å². The van der Waals surface area contributed by atoms with Gasteiger partial charge in [-0.25, -0.2) is 9.59 Å². The Morgan fingerprint density at radius 3 is 2.51 bits per heavy atom. The fourth-order valence-electron chi connectivity index (χ4n) is 5.36. The van der Waals surface area contributed by atoms with Gasteiger partial charge >= 0.3 is 12.1 Å². The smallest absolute Gasteiger partial charge is 0.414 e. The first-order valence-corrected chi connectivity index (χ1v) is 11.7. The normalized spacial score (nSPS) is 22.4. The summed E-state index contributed by atoms with van der Waals surface area (Å²) in [6, 6.07) is 20.3. The SMILES string of the molecule is COC(=O)c1cc(N2CCOC2=O)cc(N2C(=O)[C@]3(C[C@H]3c3ccc(Cl)cc3)c3ccccc32)c1. The van der Waals surface area contributed by atoms with Gasteiger partial charge in [0.1, 0.15) is 6.61 Å². The molecule has 3 aromatic carbocycles. The number of esters is 1. The van der Waals surface area contributed by atoms with Crippen molar-refractivity contribution in [2.45, 2.75) is 17.8 Å². The van der Waals surface area contributed by atoms with Crippen LogP contribution in [0.4, 0.5) is 21.9 Å². The van der Waals surface area contributed by atoms with Crippen molar-refractivity contribution in [2.24, 2.45) is 0 Å². The second-order valence-electron chi connectivity index (χ2n) is 8.93. The molecule has 2 aliphatic heterocycles. The lowest BCUT2D eigenvalue weighted by atomic mass is 9.92. The van der Waals surface area contributed by atoms with Crippen LogP contribution >= 0.6 is 11.6 Å². The van der Waals surface area contributed by atoms with Crippen LogP contribution in [0.5, 0.6) is 0 Å². The van der Waals surface area contributed by atoms with Gasteiger partial charge in [0.05, 0.1) is 41.7 Å². The predicted molar refractivity (Wildman–Crippen MR) is 131 cm³/mol. The molecule has 6 rings (SSSR count). The van der Waals surface area contributed by atoms with Crippen LogP contribution in [-0.2, 0) is 19.7 Å². The molecule has 0 radical (unpaired) electrons. The van der Waals surface area contributed by atoms with E-state index >= 15 is 0 Å². The average molecular weight is 489 g/mol. The Hall–Kier alpha value is -3.84. The van der Waals surface area contributed by atoms with Crippen molar-refractivity contribution in [3.8, 4) is 0 Å². The summed E-state index contributed by atoms with van der Waals surface area (Å²) in [5.41, 5.74) is 3.32. The predicted octanol–water partition coefficient (Wildman–Crippen LogP) is 5.19. The number of anilines is 3. The number of fused-ring (bicyclic) bond motifs is 2. The molecule has 2 fully saturated rings. The molecule has 1 saturated heterocycles. The summed E-state index contributed by atoms with van der Waals surface area (Å²) in [6.07, 6.45) is 0.191. The van der Waals surface area contributed by atoms with Crippen molar-refractivity contribution in [3.05, 3.63) is 88.4 Å². The number of cyclic esters (lactones) is 1. The van der Waals surface area contributed by atoms with E-state index in [2.05, 4.69) is 0 Å². The molecule has 35 heavy (non-hydrogen) atoms. The van der Waals surface area contributed by atoms with Crippen molar-refractivity contribution in [1.29, 1.82) is 0 Å². The van der Waals surface area contributed by atoms with E-state index in [9.17, 15) is 14.4 Å². The van der Waals surface area contributed by atoms with Crippen LogP contribution in [0.2, 0.25) is 5.02 Å². The molecule has 176 valence electrons. The number of hydrogen-bond acceptors (Lipinski definition) is 5. The number of para-hydroxylation sites is 1. The van der Waals surface area contributed by atoms with Crippen LogP contribution in [-0.4, -0.2) is 38.2 Å². The Morgan fingerprint density at radius 2 is 1.80 bits per heavy atom. The first kappa shape index (κ1) is 21.7. The third-order valence-electron chi connectivity index (χ3n) is 7.10. The highest BCUT2D eigenvalue weighted by atomic mass is 35.5. The van der Waals surface area contributed by atoms with Gasteiger partial charge in [0.15, 0.2) is 0 Å². The standard InChI is InChI=1S/C27H21ClN2O5/c1-34-24(31)17-12-19(29-10-11-35-26(29)33)14-20(13-17)30-23-5-3-2-4-21(23)27(25(30)32)15-22(27)16-6-8-18(28)9-7-16/h2-9,12-14,22H,10-11,15H2,1H3/t22-,27+/m0/s1. The Kier molecular flexibility index (Phi) is 4.86. The molecule has 0 unspecified atom stereocenters. The van der Waals surface area contributed by atoms with E-state index in [4.69, 9.17) is 21.1 Å². The number of amides is 2. The highest BCUT2D eigenvalue weighted by Gasteiger charge is 2.67. The Morgan fingerprint density at radius 1 is 1.06 bits per heavy atom. The second kappa shape index (κ2) is 7.85. The van der Waals surface area contributed by atoms with Gasteiger partial charge in [-0.15, -0.1) is 0 Å². The lowest BCUT2D eigenvalue weighted by Gasteiger charge is -2.22. The van der Waals surface area contributed by atoms with E-state index in [0.29, 0.717) is 29.4 Å². The van der Waals surface area contributed by atoms with Crippen molar-refractivity contribution < 1.29 is 23.9 Å². The maximum atomic E-state index is 14.1. The Bertz CT molecular complexity index is 1390.